The molecule has 0 amide bonds. The van der Waals surface area contributed by atoms with Crippen molar-refractivity contribution < 1.29 is 12.6 Å². The number of rotatable bonds is 26. The molecule has 3 nitrogen and oxygen atoms in total. The van der Waals surface area contributed by atoms with Crippen LogP contribution in [0.2, 0.25) is 0 Å². The third-order valence-corrected chi connectivity index (χ3v) is 7.57. The van der Waals surface area contributed by atoms with Gasteiger partial charge in [0, 0.05) is 0 Å². The molecule has 0 bridgehead atoms. The zero-order chi connectivity index (χ0) is 22.9. The molecule has 0 N–H and O–H groups in total. The summed E-state index contributed by atoms with van der Waals surface area (Å²) in [5.41, 5.74) is 0. The predicted molar refractivity (Wildman–Crippen MR) is 144 cm³/mol. The molecule has 5 heteroatoms. The third-order valence-electron chi connectivity index (χ3n) is 6.26. The second kappa shape index (κ2) is 28.1. The first kappa shape index (κ1) is 35.1. The molecule has 0 aliphatic carbocycles. The summed E-state index contributed by atoms with van der Waals surface area (Å²) in [5.74, 6) is 0.196. The minimum atomic E-state index is -3.30. The fourth-order valence-electron chi connectivity index (χ4n) is 4.13. The Labute approximate surface area is 225 Å². The van der Waals surface area contributed by atoms with Crippen molar-refractivity contribution in [2.75, 3.05) is 12.4 Å². The van der Waals surface area contributed by atoms with Gasteiger partial charge in [-0.2, -0.15) is 8.42 Å². The van der Waals surface area contributed by atoms with Gasteiger partial charge in [0.15, 0.2) is 0 Å². The molecule has 0 aromatic carbocycles. The van der Waals surface area contributed by atoms with E-state index in [2.05, 4.69) is 13.8 Å². The van der Waals surface area contributed by atoms with Crippen LogP contribution in [0.25, 0.3) is 0 Å². The molecule has 0 aromatic rings. The van der Waals surface area contributed by atoms with Crippen LogP contribution in [-0.2, 0) is 14.3 Å². The molecule has 0 aliphatic heterocycles. The standard InChI is InChI=1S/C27H56O3S.Na.H/c1-3-5-7-9-11-13-14-15-16-17-18-20-22-24-26-30-31(28,29)27-25-23-21-19-12-10-8-6-4-2;;/h3-27H2,1-2H3;;. The molecule has 0 fully saturated rings. The predicted octanol–water partition coefficient (Wildman–Crippen LogP) is 8.70. The van der Waals surface area contributed by atoms with E-state index in [1.807, 2.05) is 0 Å². The van der Waals surface area contributed by atoms with E-state index in [0.29, 0.717) is 6.61 Å². The van der Waals surface area contributed by atoms with Gasteiger partial charge in [0.25, 0.3) is 10.1 Å². The first-order chi connectivity index (χ1) is 15.1. The summed E-state index contributed by atoms with van der Waals surface area (Å²) in [6.45, 7) is 4.88. The van der Waals surface area contributed by atoms with Crippen LogP contribution >= 0.6 is 0 Å². The van der Waals surface area contributed by atoms with Gasteiger partial charge in [0.1, 0.15) is 0 Å². The number of hydrogen-bond acceptors (Lipinski definition) is 3. The van der Waals surface area contributed by atoms with Crippen molar-refractivity contribution in [1.82, 2.24) is 0 Å². The van der Waals surface area contributed by atoms with Crippen LogP contribution in [0, 0.1) is 0 Å². The summed E-state index contributed by atoms with van der Waals surface area (Å²) in [7, 11) is -3.30. The molecule has 32 heavy (non-hydrogen) atoms. The van der Waals surface area contributed by atoms with Crippen molar-refractivity contribution in [2.45, 2.75) is 162 Å². The zero-order valence-corrected chi connectivity index (χ0v) is 22.1. The Morgan fingerprint density at radius 1 is 0.438 bits per heavy atom. The Balaban J connectivity index is 0. The molecule has 0 heterocycles. The van der Waals surface area contributed by atoms with Crippen LogP contribution in [0.15, 0.2) is 0 Å². The summed E-state index contributed by atoms with van der Waals surface area (Å²) in [5, 5.41) is 0. The number of hydrogen-bond donors (Lipinski definition) is 0. The molecule has 0 rings (SSSR count). The van der Waals surface area contributed by atoms with E-state index >= 15 is 0 Å². The van der Waals surface area contributed by atoms with Crippen LogP contribution in [0.3, 0.4) is 0 Å². The van der Waals surface area contributed by atoms with E-state index in [4.69, 9.17) is 4.18 Å². The molecule has 0 atom stereocenters. The van der Waals surface area contributed by atoms with Crippen molar-refractivity contribution in [3.8, 4) is 0 Å². The van der Waals surface area contributed by atoms with Crippen LogP contribution in [0.1, 0.15) is 162 Å². The molecule has 0 unspecified atom stereocenters. The first-order valence-corrected chi connectivity index (χ1v) is 15.6. The van der Waals surface area contributed by atoms with Crippen molar-refractivity contribution in [2.24, 2.45) is 0 Å². The second-order valence-electron chi connectivity index (χ2n) is 9.51. The van der Waals surface area contributed by atoms with E-state index in [0.717, 1.165) is 32.1 Å². The van der Waals surface area contributed by atoms with Gasteiger partial charge in [-0.15, -0.1) is 0 Å². The van der Waals surface area contributed by atoms with Crippen molar-refractivity contribution in [3.63, 3.8) is 0 Å². The fraction of sp³-hybridized carbons (Fsp3) is 1.00. The van der Waals surface area contributed by atoms with Crippen LogP contribution < -0.4 is 0 Å². The summed E-state index contributed by atoms with van der Waals surface area (Å²) in [6.07, 6.45) is 29.1. The maximum atomic E-state index is 11.9. The SMILES string of the molecule is CCCCCCCCCCCCCCCCOS(=O)(=O)CCCCCCCCCCC.[NaH]. The Kier molecular flexibility index (Phi) is 30.9. The molecule has 0 saturated heterocycles. The molecule has 0 saturated carbocycles. The van der Waals surface area contributed by atoms with Crippen molar-refractivity contribution in [3.05, 3.63) is 0 Å². The summed E-state index contributed by atoms with van der Waals surface area (Å²) in [4.78, 5) is 0. The molecular weight excluding hydrogens is 427 g/mol. The molecular formula is C27H57NaO3S. The van der Waals surface area contributed by atoms with Gasteiger partial charge in [-0.3, -0.25) is 4.18 Å². The fourth-order valence-corrected chi connectivity index (χ4v) is 5.18. The Morgan fingerprint density at radius 3 is 1.06 bits per heavy atom. The van der Waals surface area contributed by atoms with Gasteiger partial charge in [0.05, 0.1) is 12.4 Å². The molecule has 0 aliphatic rings. The van der Waals surface area contributed by atoms with Crippen LogP contribution in [-0.4, -0.2) is 50.3 Å². The van der Waals surface area contributed by atoms with Gasteiger partial charge < -0.3 is 0 Å². The average Bonchev–Trinajstić information content (AvgIpc) is 2.75. The summed E-state index contributed by atoms with van der Waals surface area (Å²) >= 11 is 0. The van der Waals surface area contributed by atoms with Gasteiger partial charge in [-0.1, -0.05) is 149 Å². The third kappa shape index (κ3) is 28.9. The summed E-state index contributed by atoms with van der Waals surface area (Å²) < 4.78 is 29.1. The van der Waals surface area contributed by atoms with Gasteiger partial charge in [0.2, 0.25) is 0 Å². The van der Waals surface area contributed by atoms with Crippen molar-refractivity contribution >= 4 is 39.7 Å². The van der Waals surface area contributed by atoms with Crippen LogP contribution in [0.5, 0.6) is 0 Å². The summed E-state index contributed by atoms with van der Waals surface area (Å²) in [6, 6.07) is 0. The second-order valence-corrected chi connectivity index (χ2v) is 11.3. The minimum absolute atomic E-state index is 0. The Bertz CT molecular complexity index is 440. The van der Waals surface area contributed by atoms with Crippen molar-refractivity contribution in [1.29, 1.82) is 0 Å². The molecule has 0 spiro atoms. The van der Waals surface area contributed by atoms with Gasteiger partial charge >= 0.3 is 29.6 Å². The van der Waals surface area contributed by atoms with Gasteiger partial charge in [-0.05, 0) is 12.8 Å². The zero-order valence-electron chi connectivity index (χ0n) is 21.3. The normalized spacial score (nSPS) is 11.6. The Hall–Kier alpha value is 0.910. The molecule has 190 valence electrons. The molecule has 0 radical (unpaired) electrons. The van der Waals surface area contributed by atoms with E-state index in [1.54, 1.807) is 0 Å². The van der Waals surface area contributed by atoms with Crippen LogP contribution in [0.4, 0.5) is 0 Å². The quantitative estimate of drug-likeness (QED) is 0.0700. The van der Waals surface area contributed by atoms with Gasteiger partial charge in [-0.25, -0.2) is 0 Å². The average molecular weight is 485 g/mol. The van der Waals surface area contributed by atoms with E-state index in [9.17, 15) is 8.42 Å². The monoisotopic (exact) mass is 484 g/mol. The number of unbranched alkanes of at least 4 members (excludes halogenated alkanes) is 21. The molecule has 0 aromatic heterocycles. The Morgan fingerprint density at radius 2 is 0.719 bits per heavy atom. The first-order valence-electron chi connectivity index (χ1n) is 14.0. The topological polar surface area (TPSA) is 43.4 Å². The van der Waals surface area contributed by atoms with E-state index in [1.165, 1.54) is 116 Å². The van der Waals surface area contributed by atoms with E-state index < -0.39 is 10.1 Å². The van der Waals surface area contributed by atoms with E-state index in [-0.39, 0.29) is 35.3 Å². The maximum absolute atomic E-state index is 11.9.